The normalized spacial score (nSPS) is 16.0. The quantitative estimate of drug-likeness (QED) is 0.535. The number of nitrogens with zero attached hydrogens (tertiary/aromatic N) is 6. The maximum Gasteiger partial charge on any atom is 0.255 e. The molecular weight excluding hydrogens is 432 g/mol. The largest absolute Gasteiger partial charge is 0.395 e. The van der Waals surface area contributed by atoms with E-state index >= 15 is 0 Å². The summed E-state index contributed by atoms with van der Waals surface area (Å²) in [6.45, 7) is 3.25. The molecule has 0 fully saturated rings. The Labute approximate surface area is 188 Å². The number of pyridine rings is 2. The highest BCUT2D eigenvalue weighted by molar-refractivity contribution is 6.06. The summed E-state index contributed by atoms with van der Waals surface area (Å²) in [5.74, 6) is 0.267. The van der Waals surface area contributed by atoms with E-state index in [1.807, 2.05) is 6.07 Å². The topological polar surface area (TPSA) is 121 Å². The van der Waals surface area contributed by atoms with Crippen LogP contribution in [0.2, 0.25) is 0 Å². The third-order valence-corrected chi connectivity index (χ3v) is 5.30. The number of nitriles is 1. The van der Waals surface area contributed by atoms with Gasteiger partial charge in [0, 0.05) is 41.0 Å². The number of halogens is 2. The molecule has 1 aliphatic heterocycles. The van der Waals surface area contributed by atoms with Gasteiger partial charge in [-0.15, -0.1) is 0 Å². The second-order valence-corrected chi connectivity index (χ2v) is 8.49. The maximum atomic E-state index is 13.0. The predicted octanol–water partition coefficient (Wildman–Crippen LogP) is 3.27. The highest BCUT2D eigenvalue weighted by Gasteiger charge is 2.29. The first-order chi connectivity index (χ1) is 15.7. The number of hydrogen-bond acceptors (Lipinski definition) is 8. The lowest BCUT2D eigenvalue weighted by Crippen LogP contribution is -2.24. The number of alkyl halides is 2. The first-order valence-electron chi connectivity index (χ1n) is 10.4. The van der Waals surface area contributed by atoms with Gasteiger partial charge in [-0.2, -0.15) is 15.0 Å². The van der Waals surface area contributed by atoms with Crippen molar-refractivity contribution in [3.05, 3.63) is 41.9 Å². The van der Waals surface area contributed by atoms with Gasteiger partial charge in [0.05, 0.1) is 29.6 Å². The maximum absolute atomic E-state index is 13.0. The summed E-state index contributed by atoms with van der Waals surface area (Å²) >= 11 is 0. The average molecular weight is 455 g/mol. The van der Waals surface area contributed by atoms with E-state index in [2.05, 4.69) is 25.5 Å². The fourth-order valence-corrected chi connectivity index (χ4v) is 3.61. The van der Waals surface area contributed by atoms with Crippen LogP contribution in [0.15, 0.2) is 35.9 Å². The number of aliphatic hydroxyl groups is 1. The van der Waals surface area contributed by atoms with E-state index in [4.69, 9.17) is 10.1 Å². The molecule has 4 rings (SSSR count). The standard InChI is InChI=1S/C22H23F2N7O2/c1-22(2,32)4-3-14-12-33-30-20(14)16-10-27-19(6-17(16)26-11-18(23)24)31-21-15(9-29-31)5-13(7-25)8-28-21/h5-6,8-10,14,18,32H,3-4,11-12H2,1-2H3,(H,26,27). The molecule has 1 unspecified atom stereocenters. The van der Waals surface area contributed by atoms with Crippen LogP contribution in [-0.2, 0) is 4.84 Å². The van der Waals surface area contributed by atoms with E-state index < -0.39 is 18.6 Å². The third-order valence-electron chi connectivity index (χ3n) is 5.30. The van der Waals surface area contributed by atoms with Crippen molar-refractivity contribution in [2.24, 2.45) is 11.1 Å². The summed E-state index contributed by atoms with van der Waals surface area (Å²) in [5.41, 5.74) is 1.60. The molecule has 172 valence electrons. The van der Waals surface area contributed by atoms with Gasteiger partial charge in [-0.25, -0.2) is 18.7 Å². The van der Waals surface area contributed by atoms with E-state index in [1.54, 1.807) is 38.4 Å². The van der Waals surface area contributed by atoms with Gasteiger partial charge >= 0.3 is 0 Å². The molecule has 2 N–H and O–H groups in total. The fourth-order valence-electron chi connectivity index (χ4n) is 3.61. The number of rotatable bonds is 8. The Hall–Kier alpha value is -3.65. The monoisotopic (exact) mass is 455 g/mol. The summed E-state index contributed by atoms with van der Waals surface area (Å²) in [6, 6.07) is 5.30. The lowest BCUT2D eigenvalue weighted by molar-refractivity contribution is 0.0623. The Morgan fingerprint density at radius 1 is 1.30 bits per heavy atom. The molecule has 11 heteroatoms. The van der Waals surface area contributed by atoms with Gasteiger partial charge in [-0.05, 0) is 32.8 Å². The highest BCUT2D eigenvalue weighted by Crippen LogP contribution is 2.29. The Balaban J connectivity index is 1.70. The van der Waals surface area contributed by atoms with Crippen molar-refractivity contribution in [1.29, 1.82) is 5.26 Å². The zero-order valence-electron chi connectivity index (χ0n) is 18.2. The van der Waals surface area contributed by atoms with Crippen molar-refractivity contribution >= 4 is 22.4 Å². The molecular formula is C22H23F2N7O2. The molecule has 0 radical (unpaired) electrons. The summed E-state index contributed by atoms with van der Waals surface area (Å²) in [5, 5.41) is 31.0. The molecule has 0 bridgehead atoms. The minimum Gasteiger partial charge on any atom is -0.395 e. The summed E-state index contributed by atoms with van der Waals surface area (Å²) in [7, 11) is 0. The van der Waals surface area contributed by atoms with Crippen molar-refractivity contribution in [3.63, 3.8) is 0 Å². The second-order valence-electron chi connectivity index (χ2n) is 8.49. The van der Waals surface area contributed by atoms with Gasteiger partial charge in [-0.1, -0.05) is 5.16 Å². The number of oxime groups is 1. The molecule has 3 aromatic heterocycles. The zero-order valence-corrected chi connectivity index (χ0v) is 18.2. The number of aromatic nitrogens is 4. The Morgan fingerprint density at radius 3 is 2.85 bits per heavy atom. The lowest BCUT2D eigenvalue weighted by Gasteiger charge is -2.20. The van der Waals surface area contributed by atoms with Gasteiger partial charge in [0.1, 0.15) is 12.7 Å². The zero-order chi connectivity index (χ0) is 23.6. The molecule has 0 aromatic carbocycles. The molecule has 0 saturated carbocycles. The molecule has 33 heavy (non-hydrogen) atoms. The van der Waals surface area contributed by atoms with Crippen LogP contribution in [0.3, 0.4) is 0 Å². The van der Waals surface area contributed by atoms with Crippen LogP contribution in [0.5, 0.6) is 0 Å². The molecule has 0 saturated heterocycles. The van der Waals surface area contributed by atoms with Crippen LogP contribution < -0.4 is 5.32 Å². The smallest absolute Gasteiger partial charge is 0.255 e. The van der Waals surface area contributed by atoms with E-state index in [0.29, 0.717) is 58.8 Å². The SMILES string of the molecule is CC(C)(O)CCC1CON=C1c1cnc(-n2ncc3cc(C#N)cnc32)cc1NCC(F)F. The minimum absolute atomic E-state index is 0.104. The van der Waals surface area contributed by atoms with Crippen LogP contribution in [-0.4, -0.2) is 55.7 Å². The fraction of sp³-hybridized carbons (Fsp3) is 0.409. The summed E-state index contributed by atoms with van der Waals surface area (Å²) in [6.07, 6.45) is 3.13. The molecule has 3 aromatic rings. The Morgan fingerprint density at radius 2 is 2.12 bits per heavy atom. The molecule has 0 amide bonds. The second kappa shape index (κ2) is 9.07. The first-order valence-corrected chi connectivity index (χ1v) is 10.4. The molecule has 1 atom stereocenters. The van der Waals surface area contributed by atoms with Crippen molar-refractivity contribution < 1.29 is 18.7 Å². The number of fused-ring (bicyclic) bond motifs is 1. The highest BCUT2D eigenvalue weighted by atomic mass is 19.3. The molecule has 1 aliphatic rings. The molecule has 0 spiro atoms. The van der Waals surface area contributed by atoms with Crippen molar-refractivity contribution in [1.82, 2.24) is 19.7 Å². The number of anilines is 1. The van der Waals surface area contributed by atoms with Crippen LogP contribution in [0, 0.1) is 17.2 Å². The molecule has 0 aliphatic carbocycles. The summed E-state index contributed by atoms with van der Waals surface area (Å²) in [4.78, 5) is 14.1. The van der Waals surface area contributed by atoms with Crippen molar-refractivity contribution in [2.45, 2.75) is 38.7 Å². The summed E-state index contributed by atoms with van der Waals surface area (Å²) < 4.78 is 27.5. The first kappa shape index (κ1) is 22.5. The van der Waals surface area contributed by atoms with Crippen molar-refractivity contribution in [3.8, 4) is 11.9 Å². The van der Waals surface area contributed by atoms with Gasteiger partial charge in [0.2, 0.25) is 0 Å². The van der Waals surface area contributed by atoms with Gasteiger partial charge in [0.25, 0.3) is 6.43 Å². The van der Waals surface area contributed by atoms with E-state index in [0.717, 1.165) is 0 Å². The average Bonchev–Trinajstić information content (AvgIpc) is 3.42. The van der Waals surface area contributed by atoms with Gasteiger partial charge in [0.15, 0.2) is 11.5 Å². The van der Waals surface area contributed by atoms with E-state index in [-0.39, 0.29) is 5.92 Å². The molecule has 9 nitrogen and oxygen atoms in total. The minimum atomic E-state index is -2.56. The number of nitrogens with one attached hydrogen (secondary N) is 1. The van der Waals surface area contributed by atoms with E-state index in [9.17, 15) is 13.9 Å². The van der Waals surface area contributed by atoms with Gasteiger partial charge in [-0.3, -0.25) is 0 Å². The van der Waals surface area contributed by atoms with Crippen LogP contribution in [0.25, 0.3) is 16.9 Å². The van der Waals surface area contributed by atoms with E-state index in [1.165, 1.54) is 10.9 Å². The predicted molar refractivity (Wildman–Crippen MR) is 117 cm³/mol. The van der Waals surface area contributed by atoms with Crippen LogP contribution in [0.4, 0.5) is 14.5 Å². The van der Waals surface area contributed by atoms with Gasteiger partial charge < -0.3 is 15.3 Å². The van der Waals surface area contributed by atoms with Crippen LogP contribution in [0.1, 0.15) is 37.8 Å². The number of hydrogen-bond donors (Lipinski definition) is 2. The molecule has 4 heterocycles. The van der Waals surface area contributed by atoms with Crippen LogP contribution >= 0.6 is 0 Å². The Kier molecular flexibility index (Phi) is 6.20. The Bertz CT molecular complexity index is 1230. The lowest BCUT2D eigenvalue weighted by atomic mass is 9.89. The third kappa shape index (κ3) is 5.06. The van der Waals surface area contributed by atoms with Crippen molar-refractivity contribution in [2.75, 3.05) is 18.5 Å².